The predicted octanol–water partition coefficient (Wildman–Crippen LogP) is 3.18. The molecule has 2 aromatic carbocycles. The fourth-order valence-electron chi connectivity index (χ4n) is 1.89. The molecule has 19 heavy (non-hydrogen) atoms. The smallest absolute Gasteiger partial charge is 0.228 e. The minimum absolute atomic E-state index is 0.0178. The van der Waals surface area contributed by atoms with Crippen molar-refractivity contribution in [2.24, 2.45) is 0 Å². The Kier molecular flexibility index (Phi) is 4.18. The Labute approximate surface area is 113 Å². The average Bonchev–Trinajstić information content (AvgIpc) is 2.39. The van der Waals surface area contributed by atoms with E-state index in [-0.39, 0.29) is 5.91 Å². The molecule has 1 N–H and O–H groups in total. The van der Waals surface area contributed by atoms with Gasteiger partial charge in [-0.25, -0.2) is 0 Å². The van der Waals surface area contributed by atoms with E-state index in [0.717, 1.165) is 22.6 Å². The molecule has 0 aliphatic carbocycles. The number of carbonyl (C=O) groups excluding carboxylic acids is 1. The molecule has 1 amide bonds. The highest BCUT2D eigenvalue weighted by atomic mass is 16.5. The third-order valence-corrected chi connectivity index (χ3v) is 2.82. The third kappa shape index (κ3) is 3.85. The second-order valence-corrected chi connectivity index (χ2v) is 4.44. The van der Waals surface area contributed by atoms with Crippen LogP contribution in [0.2, 0.25) is 0 Å². The fraction of sp³-hybridized carbons (Fsp3) is 0.188. The summed E-state index contributed by atoms with van der Waals surface area (Å²) in [6.07, 6.45) is 0.383. The van der Waals surface area contributed by atoms with Gasteiger partial charge in [0.1, 0.15) is 5.75 Å². The number of amides is 1. The van der Waals surface area contributed by atoms with Gasteiger partial charge in [-0.1, -0.05) is 29.8 Å². The molecule has 0 spiro atoms. The van der Waals surface area contributed by atoms with Crippen LogP contribution in [0.15, 0.2) is 48.5 Å². The summed E-state index contributed by atoms with van der Waals surface area (Å²) in [7, 11) is 1.62. The van der Waals surface area contributed by atoms with E-state index in [2.05, 4.69) is 5.32 Å². The molecule has 3 heteroatoms. The Hall–Kier alpha value is -2.29. The highest BCUT2D eigenvalue weighted by Crippen LogP contribution is 2.15. The van der Waals surface area contributed by atoms with E-state index in [1.807, 2.05) is 55.5 Å². The van der Waals surface area contributed by atoms with Crippen molar-refractivity contribution in [2.45, 2.75) is 13.3 Å². The van der Waals surface area contributed by atoms with E-state index in [1.54, 1.807) is 7.11 Å². The summed E-state index contributed by atoms with van der Waals surface area (Å²) in [6, 6.07) is 15.3. The van der Waals surface area contributed by atoms with E-state index in [9.17, 15) is 4.79 Å². The third-order valence-electron chi connectivity index (χ3n) is 2.82. The van der Waals surface area contributed by atoms with Crippen LogP contribution in [0, 0.1) is 6.92 Å². The molecule has 98 valence electrons. The highest BCUT2D eigenvalue weighted by Gasteiger charge is 2.04. The van der Waals surface area contributed by atoms with E-state index in [4.69, 9.17) is 4.74 Å². The summed E-state index contributed by atoms with van der Waals surface area (Å²) in [5.74, 6) is 0.757. The van der Waals surface area contributed by atoms with Crippen molar-refractivity contribution in [1.29, 1.82) is 0 Å². The van der Waals surface area contributed by atoms with Crippen LogP contribution in [0.4, 0.5) is 5.69 Å². The molecule has 0 aromatic heterocycles. The van der Waals surface area contributed by atoms with Gasteiger partial charge in [-0.15, -0.1) is 0 Å². The Morgan fingerprint density at radius 2 is 1.89 bits per heavy atom. The molecule has 0 radical (unpaired) electrons. The normalized spacial score (nSPS) is 10.0. The molecule has 0 aliphatic rings. The summed E-state index contributed by atoms with van der Waals surface area (Å²) < 4.78 is 5.07. The lowest BCUT2D eigenvalue weighted by Gasteiger charge is -2.07. The number of hydrogen-bond acceptors (Lipinski definition) is 2. The van der Waals surface area contributed by atoms with Gasteiger partial charge in [0.2, 0.25) is 5.91 Å². The van der Waals surface area contributed by atoms with Gasteiger partial charge in [-0.05, 0) is 36.8 Å². The quantitative estimate of drug-likeness (QED) is 0.911. The van der Waals surface area contributed by atoms with Gasteiger partial charge in [-0.3, -0.25) is 4.79 Å². The van der Waals surface area contributed by atoms with E-state index in [1.165, 1.54) is 0 Å². The molecule has 3 nitrogen and oxygen atoms in total. The van der Waals surface area contributed by atoms with Crippen LogP contribution < -0.4 is 10.1 Å². The lowest BCUT2D eigenvalue weighted by molar-refractivity contribution is -0.115. The number of aryl methyl sites for hydroxylation is 1. The molecule has 0 bridgehead atoms. The number of carbonyl (C=O) groups is 1. The molecule has 0 saturated carbocycles. The topological polar surface area (TPSA) is 38.3 Å². The minimum atomic E-state index is -0.0178. The molecule has 0 fully saturated rings. The summed E-state index contributed by atoms with van der Waals surface area (Å²) in [5, 5.41) is 2.87. The molecular weight excluding hydrogens is 238 g/mol. The Balaban J connectivity index is 1.97. The zero-order valence-electron chi connectivity index (χ0n) is 11.1. The van der Waals surface area contributed by atoms with Crippen LogP contribution >= 0.6 is 0 Å². The van der Waals surface area contributed by atoms with E-state index < -0.39 is 0 Å². The van der Waals surface area contributed by atoms with Gasteiger partial charge < -0.3 is 10.1 Å². The van der Waals surface area contributed by atoms with Crippen LogP contribution in [0.5, 0.6) is 5.75 Å². The number of methoxy groups -OCH3 is 1. The first-order chi connectivity index (χ1) is 9.17. The molecular formula is C16H17NO2. The lowest BCUT2D eigenvalue weighted by Crippen LogP contribution is -2.14. The Morgan fingerprint density at radius 3 is 2.53 bits per heavy atom. The molecule has 0 unspecified atom stereocenters. The molecule has 2 rings (SSSR count). The predicted molar refractivity (Wildman–Crippen MR) is 76.5 cm³/mol. The van der Waals surface area contributed by atoms with E-state index in [0.29, 0.717) is 6.42 Å². The van der Waals surface area contributed by atoms with Crippen molar-refractivity contribution in [3.63, 3.8) is 0 Å². The first kappa shape index (κ1) is 13.1. The summed E-state index contributed by atoms with van der Waals surface area (Å²) >= 11 is 0. The molecule has 0 aliphatic heterocycles. The SMILES string of the molecule is COc1ccc(NC(=O)Cc2cccc(C)c2)cc1. The van der Waals surface area contributed by atoms with Gasteiger partial charge in [0.15, 0.2) is 0 Å². The minimum Gasteiger partial charge on any atom is -0.497 e. The molecule has 0 atom stereocenters. The zero-order valence-corrected chi connectivity index (χ0v) is 11.1. The largest absolute Gasteiger partial charge is 0.497 e. The molecule has 2 aromatic rings. The van der Waals surface area contributed by atoms with Crippen LogP contribution in [0.3, 0.4) is 0 Å². The summed E-state index contributed by atoms with van der Waals surface area (Å²) in [6.45, 7) is 2.02. The number of anilines is 1. The van der Waals surface area contributed by atoms with Gasteiger partial charge in [0.25, 0.3) is 0 Å². The first-order valence-corrected chi connectivity index (χ1v) is 6.17. The van der Waals surface area contributed by atoms with Crippen molar-refractivity contribution in [2.75, 3.05) is 12.4 Å². The second-order valence-electron chi connectivity index (χ2n) is 4.44. The second kappa shape index (κ2) is 6.05. The average molecular weight is 255 g/mol. The highest BCUT2D eigenvalue weighted by molar-refractivity contribution is 5.92. The van der Waals surface area contributed by atoms with Crippen molar-refractivity contribution in [3.8, 4) is 5.75 Å². The first-order valence-electron chi connectivity index (χ1n) is 6.17. The summed E-state index contributed by atoms with van der Waals surface area (Å²) in [4.78, 5) is 11.9. The maximum atomic E-state index is 11.9. The molecule has 0 saturated heterocycles. The zero-order chi connectivity index (χ0) is 13.7. The number of rotatable bonds is 4. The van der Waals surface area contributed by atoms with Gasteiger partial charge >= 0.3 is 0 Å². The van der Waals surface area contributed by atoms with Crippen molar-refractivity contribution in [3.05, 3.63) is 59.7 Å². The number of hydrogen-bond donors (Lipinski definition) is 1. The standard InChI is InChI=1S/C16H17NO2/c1-12-4-3-5-13(10-12)11-16(18)17-14-6-8-15(19-2)9-7-14/h3-10H,11H2,1-2H3,(H,17,18). The van der Waals surface area contributed by atoms with Crippen molar-refractivity contribution >= 4 is 11.6 Å². The number of ether oxygens (including phenoxy) is 1. The summed E-state index contributed by atoms with van der Waals surface area (Å²) in [5.41, 5.74) is 2.96. The van der Waals surface area contributed by atoms with Crippen molar-refractivity contribution < 1.29 is 9.53 Å². The number of benzene rings is 2. The lowest BCUT2D eigenvalue weighted by atomic mass is 10.1. The van der Waals surface area contributed by atoms with Crippen LogP contribution in [0.25, 0.3) is 0 Å². The Morgan fingerprint density at radius 1 is 1.16 bits per heavy atom. The maximum Gasteiger partial charge on any atom is 0.228 e. The van der Waals surface area contributed by atoms with Crippen LogP contribution in [0.1, 0.15) is 11.1 Å². The van der Waals surface area contributed by atoms with Crippen molar-refractivity contribution in [1.82, 2.24) is 0 Å². The number of nitrogens with one attached hydrogen (secondary N) is 1. The maximum absolute atomic E-state index is 11.9. The van der Waals surface area contributed by atoms with E-state index >= 15 is 0 Å². The monoisotopic (exact) mass is 255 g/mol. The van der Waals surface area contributed by atoms with Gasteiger partial charge in [-0.2, -0.15) is 0 Å². The Bertz CT molecular complexity index is 561. The van der Waals surface area contributed by atoms with Crippen LogP contribution in [-0.4, -0.2) is 13.0 Å². The molecule has 0 heterocycles. The van der Waals surface area contributed by atoms with Gasteiger partial charge in [0.05, 0.1) is 13.5 Å². The fourth-order valence-corrected chi connectivity index (χ4v) is 1.89. The van der Waals surface area contributed by atoms with Crippen LogP contribution in [-0.2, 0) is 11.2 Å². The van der Waals surface area contributed by atoms with Gasteiger partial charge in [0, 0.05) is 5.69 Å².